The van der Waals surface area contributed by atoms with Gasteiger partial charge in [0.1, 0.15) is 12.2 Å². The van der Waals surface area contributed by atoms with Gasteiger partial charge in [0.15, 0.2) is 12.6 Å². The van der Waals surface area contributed by atoms with Crippen LogP contribution in [0.2, 0.25) is 38.3 Å². The van der Waals surface area contributed by atoms with E-state index in [1.54, 1.807) is 0 Å². The van der Waals surface area contributed by atoms with Crippen molar-refractivity contribution < 1.29 is 18.9 Å². The molecule has 2 heterocycles. The Morgan fingerprint density at radius 1 is 0.714 bits per heavy atom. The lowest BCUT2D eigenvalue weighted by atomic mass is 10.4. The molecule has 2 fully saturated rings. The molecule has 0 spiro atoms. The molecule has 4 nitrogen and oxygen atoms in total. The number of epoxide rings is 2. The Hall–Kier alpha value is -0.506. The SMILES string of the molecule is CCCOC1OC1C[Si](C)(C)c1ccc([Si](C)(C)CC2OC2OCCC)cc1. The fourth-order valence-electron chi connectivity index (χ4n) is 3.92. The summed E-state index contributed by atoms with van der Waals surface area (Å²) in [5.41, 5.74) is 0. The van der Waals surface area contributed by atoms with E-state index in [9.17, 15) is 0 Å². The van der Waals surface area contributed by atoms with E-state index in [4.69, 9.17) is 18.9 Å². The highest BCUT2D eigenvalue weighted by molar-refractivity contribution is 6.91. The maximum absolute atomic E-state index is 5.74. The third-order valence-corrected chi connectivity index (χ3v) is 12.6. The minimum absolute atomic E-state index is 0.0405. The Kier molecular flexibility index (Phi) is 7.21. The van der Waals surface area contributed by atoms with Crippen molar-refractivity contribution in [2.24, 2.45) is 0 Å². The van der Waals surface area contributed by atoms with Crippen molar-refractivity contribution in [1.82, 2.24) is 0 Å². The summed E-state index contributed by atoms with van der Waals surface area (Å²) in [6.07, 6.45) is 2.77. The van der Waals surface area contributed by atoms with Crippen LogP contribution in [-0.4, -0.2) is 54.1 Å². The second-order valence-corrected chi connectivity index (χ2v) is 19.1. The molecule has 28 heavy (non-hydrogen) atoms. The third kappa shape index (κ3) is 5.77. The first-order valence-electron chi connectivity index (χ1n) is 10.9. The van der Waals surface area contributed by atoms with E-state index in [1.807, 2.05) is 0 Å². The highest BCUT2D eigenvalue weighted by atomic mass is 28.3. The summed E-state index contributed by atoms with van der Waals surface area (Å²) >= 11 is 0. The number of ether oxygens (including phenoxy) is 4. The van der Waals surface area contributed by atoms with Crippen LogP contribution in [0.1, 0.15) is 26.7 Å². The molecular weight excluding hydrogens is 384 g/mol. The fourth-order valence-corrected chi connectivity index (χ4v) is 9.12. The van der Waals surface area contributed by atoms with Gasteiger partial charge in [0.25, 0.3) is 0 Å². The summed E-state index contributed by atoms with van der Waals surface area (Å²) in [4.78, 5) is 0. The Morgan fingerprint density at radius 3 is 1.39 bits per heavy atom. The summed E-state index contributed by atoms with van der Waals surface area (Å²) in [6, 6.07) is 11.8. The molecular formula is C22H38O4Si2. The standard InChI is InChI=1S/C22H38O4Si2/c1-7-13-23-21-19(25-21)15-27(3,4)17-9-11-18(12-10-17)28(5,6)16-20-22(26-20)24-14-8-2/h9-12,19-22H,7-8,13-16H2,1-6H3. The second kappa shape index (κ2) is 9.10. The van der Waals surface area contributed by atoms with Crippen LogP contribution in [0, 0.1) is 0 Å². The van der Waals surface area contributed by atoms with E-state index in [1.165, 1.54) is 10.4 Å². The predicted octanol–water partition coefficient (Wildman–Crippen LogP) is 3.82. The average Bonchev–Trinajstić information content (AvgIpc) is 3.56. The molecule has 4 unspecified atom stereocenters. The Morgan fingerprint density at radius 2 is 1.07 bits per heavy atom. The number of hydrogen-bond acceptors (Lipinski definition) is 4. The van der Waals surface area contributed by atoms with Gasteiger partial charge in [-0.1, -0.05) is 74.7 Å². The zero-order chi connectivity index (χ0) is 20.4. The van der Waals surface area contributed by atoms with Gasteiger partial charge in [-0.2, -0.15) is 0 Å². The summed E-state index contributed by atoms with van der Waals surface area (Å²) in [6.45, 7) is 15.6. The highest BCUT2D eigenvalue weighted by Crippen LogP contribution is 2.33. The minimum atomic E-state index is -1.52. The molecule has 0 bridgehead atoms. The number of rotatable bonds is 12. The smallest absolute Gasteiger partial charge is 0.184 e. The first kappa shape index (κ1) is 22.2. The van der Waals surface area contributed by atoms with Gasteiger partial charge >= 0.3 is 0 Å². The topological polar surface area (TPSA) is 43.5 Å². The zero-order valence-corrected chi connectivity index (χ0v) is 20.5. The normalized spacial score (nSPS) is 27.1. The van der Waals surface area contributed by atoms with Crippen molar-refractivity contribution in [2.75, 3.05) is 13.2 Å². The Bertz CT molecular complexity index is 577. The average molecular weight is 423 g/mol. The predicted molar refractivity (Wildman–Crippen MR) is 120 cm³/mol. The molecule has 1 aromatic rings. The molecule has 2 saturated heterocycles. The molecule has 0 aromatic heterocycles. The lowest BCUT2D eigenvalue weighted by molar-refractivity contribution is 0.0505. The molecule has 0 N–H and O–H groups in total. The molecule has 2 aliphatic rings. The van der Waals surface area contributed by atoms with Crippen molar-refractivity contribution in [2.45, 2.75) is 89.8 Å². The molecule has 2 aliphatic heterocycles. The molecule has 4 atom stereocenters. The van der Waals surface area contributed by atoms with Crippen molar-refractivity contribution in [1.29, 1.82) is 0 Å². The monoisotopic (exact) mass is 422 g/mol. The first-order valence-corrected chi connectivity index (χ1v) is 17.3. The molecule has 0 radical (unpaired) electrons. The van der Waals surface area contributed by atoms with Gasteiger partial charge in [-0.3, -0.25) is 0 Å². The van der Waals surface area contributed by atoms with Gasteiger partial charge in [-0.05, 0) is 24.9 Å². The van der Waals surface area contributed by atoms with Crippen molar-refractivity contribution in [3.8, 4) is 0 Å². The first-order chi connectivity index (χ1) is 13.3. The quantitative estimate of drug-likeness (QED) is 0.379. The van der Waals surface area contributed by atoms with Gasteiger partial charge in [0, 0.05) is 13.2 Å². The molecule has 158 valence electrons. The van der Waals surface area contributed by atoms with Gasteiger partial charge in [0.2, 0.25) is 0 Å². The third-order valence-electron chi connectivity index (χ3n) is 5.92. The van der Waals surface area contributed by atoms with Crippen LogP contribution in [0.25, 0.3) is 0 Å². The molecule has 0 aliphatic carbocycles. The van der Waals surface area contributed by atoms with E-state index in [-0.39, 0.29) is 12.6 Å². The zero-order valence-electron chi connectivity index (χ0n) is 18.5. The van der Waals surface area contributed by atoms with Crippen LogP contribution in [-0.2, 0) is 18.9 Å². The lowest BCUT2D eigenvalue weighted by Crippen LogP contribution is -2.46. The second-order valence-electron chi connectivity index (χ2n) is 9.58. The van der Waals surface area contributed by atoms with E-state index in [0.29, 0.717) is 12.2 Å². The van der Waals surface area contributed by atoms with Crippen LogP contribution in [0.5, 0.6) is 0 Å². The number of benzene rings is 1. The summed E-state index contributed by atoms with van der Waals surface area (Å²) in [5.74, 6) is 0. The van der Waals surface area contributed by atoms with E-state index < -0.39 is 16.1 Å². The molecule has 3 rings (SSSR count). The van der Waals surface area contributed by atoms with Gasteiger partial charge in [-0.15, -0.1) is 0 Å². The lowest BCUT2D eigenvalue weighted by Gasteiger charge is -2.26. The van der Waals surface area contributed by atoms with Gasteiger partial charge < -0.3 is 18.9 Å². The van der Waals surface area contributed by atoms with Crippen LogP contribution in [0.4, 0.5) is 0 Å². The summed E-state index contributed by atoms with van der Waals surface area (Å²) in [5, 5.41) is 3.02. The maximum Gasteiger partial charge on any atom is 0.184 e. The van der Waals surface area contributed by atoms with Crippen LogP contribution >= 0.6 is 0 Å². The molecule has 0 amide bonds. The molecule has 6 heteroatoms. The van der Waals surface area contributed by atoms with Crippen LogP contribution < -0.4 is 10.4 Å². The molecule has 0 saturated carbocycles. The van der Waals surface area contributed by atoms with Gasteiger partial charge in [-0.25, -0.2) is 0 Å². The van der Waals surface area contributed by atoms with Crippen molar-refractivity contribution >= 4 is 26.5 Å². The van der Waals surface area contributed by atoms with E-state index in [0.717, 1.165) is 38.1 Å². The van der Waals surface area contributed by atoms with Crippen LogP contribution in [0.3, 0.4) is 0 Å². The summed E-state index contributed by atoms with van der Waals surface area (Å²) in [7, 11) is -3.05. The van der Waals surface area contributed by atoms with E-state index >= 15 is 0 Å². The number of hydrogen-bond donors (Lipinski definition) is 0. The summed E-state index contributed by atoms with van der Waals surface area (Å²) < 4.78 is 22.9. The largest absolute Gasteiger partial charge is 0.350 e. The fraction of sp³-hybridized carbons (Fsp3) is 0.727. The highest BCUT2D eigenvalue weighted by Gasteiger charge is 2.46. The Labute approximate surface area is 172 Å². The van der Waals surface area contributed by atoms with Crippen LogP contribution in [0.15, 0.2) is 24.3 Å². The minimum Gasteiger partial charge on any atom is -0.350 e. The Balaban J connectivity index is 1.53. The maximum atomic E-state index is 5.74. The van der Waals surface area contributed by atoms with Crippen molar-refractivity contribution in [3.63, 3.8) is 0 Å². The van der Waals surface area contributed by atoms with E-state index in [2.05, 4.69) is 64.3 Å². The van der Waals surface area contributed by atoms with Crippen molar-refractivity contribution in [3.05, 3.63) is 24.3 Å². The molecule has 1 aromatic carbocycles. The van der Waals surface area contributed by atoms with Gasteiger partial charge in [0.05, 0.1) is 16.1 Å².